The maximum atomic E-state index is 13.3. The maximum Gasteiger partial charge on any atom is 0.337 e. The number of nitrogens with zero attached hydrogens (tertiary/aromatic N) is 2. The summed E-state index contributed by atoms with van der Waals surface area (Å²) in [5.41, 5.74) is 0.123. The van der Waals surface area contributed by atoms with Gasteiger partial charge in [0.1, 0.15) is 36.0 Å². The fourth-order valence-electron chi connectivity index (χ4n) is 4.29. The monoisotopic (exact) mass is 563 g/mol. The molecule has 0 amide bonds. The summed E-state index contributed by atoms with van der Waals surface area (Å²) in [6, 6.07) is 14.7. The summed E-state index contributed by atoms with van der Waals surface area (Å²) < 4.78 is 26.9. The number of dihydropyridines is 1. The molecule has 12 nitrogen and oxygen atoms in total. The molecule has 12 heteroatoms. The zero-order chi connectivity index (χ0) is 29.4. The molecule has 0 aromatic heterocycles. The van der Waals surface area contributed by atoms with E-state index < -0.39 is 22.8 Å². The number of nitro groups is 1. The Morgan fingerprint density at radius 1 is 1.07 bits per heavy atom. The van der Waals surface area contributed by atoms with Crippen LogP contribution in [-0.2, 0) is 23.8 Å². The minimum absolute atomic E-state index is 0.0525. The van der Waals surface area contributed by atoms with Crippen molar-refractivity contribution < 1.29 is 38.2 Å². The number of nitriles is 1. The van der Waals surface area contributed by atoms with Crippen LogP contribution in [0.25, 0.3) is 0 Å². The summed E-state index contributed by atoms with van der Waals surface area (Å²) in [5, 5.41) is 23.9. The van der Waals surface area contributed by atoms with E-state index in [1.54, 1.807) is 13.0 Å². The predicted octanol–water partition coefficient (Wildman–Crippen LogP) is 3.69. The van der Waals surface area contributed by atoms with Gasteiger partial charge in [-0.3, -0.25) is 10.1 Å². The molecule has 0 spiro atoms. The van der Waals surface area contributed by atoms with Crippen LogP contribution in [0, 0.1) is 21.4 Å². The topological polar surface area (TPSA) is 163 Å². The summed E-state index contributed by atoms with van der Waals surface area (Å²) in [4.78, 5) is 36.8. The Bertz CT molecular complexity index is 1410. The third kappa shape index (κ3) is 7.40. The summed E-state index contributed by atoms with van der Waals surface area (Å²) >= 11 is 0. The lowest BCUT2D eigenvalue weighted by molar-refractivity contribution is -0.384. The minimum atomic E-state index is -1.11. The molecule has 0 radical (unpaired) electrons. The zero-order valence-corrected chi connectivity index (χ0v) is 22.6. The number of hydrogen-bond acceptors (Lipinski definition) is 11. The number of benzene rings is 2. The lowest BCUT2D eigenvalue weighted by Gasteiger charge is -2.29. The molecule has 0 aliphatic carbocycles. The van der Waals surface area contributed by atoms with Crippen molar-refractivity contribution in [1.29, 1.82) is 5.26 Å². The van der Waals surface area contributed by atoms with Crippen LogP contribution in [0.4, 0.5) is 5.69 Å². The first-order valence-corrected chi connectivity index (χ1v) is 12.9. The van der Waals surface area contributed by atoms with Crippen LogP contribution in [0.2, 0.25) is 0 Å². The first kappa shape index (κ1) is 29.1. The molecule has 2 aliphatic heterocycles. The zero-order valence-electron chi connectivity index (χ0n) is 22.6. The average molecular weight is 564 g/mol. The van der Waals surface area contributed by atoms with Crippen molar-refractivity contribution in [2.75, 3.05) is 33.5 Å². The SMILES string of the molecule is COC(=O)C1=C(C#N)NC(C)=C(C(=O)OCCCCOc2ccc(OCC3CO3)cc2)C1c1cccc([N+](=O)[O-])c1. The predicted molar refractivity (Wildman–Crippen MR) is 144 cm³/mol. The Balaban J connectivity index is 1.37. The van der Waals surface area contributed by atoms with Gasteiger partial charge in [-0.05, 0) is 49.6 Å². The van der Waals surface area contributed by atoms with Crippen LogP contribution in [0.1, 0.15) is 31.2 Å². The second kappa shape index (κ2) is 13.5. The number of nitro benzene ring substituents is 1. The van der Waals surface area contributed by atoms with Crippen LogP contribution < -0.4 is 14.8 Å². The number of allylic oxidation sites excluding steroid dienone is 2. The lowest BCUT2D eigenvalue weighted by Crippen LogP contribution is -2.32. The number of non-ortho nitro benzene ring substituents is 1. The van der Waals surface area contributed by atoms with Gasteiger partial charge in [0.2, 0.25) is 0 Å². The lowest BCUT2D eigenvalue weighted by atomic mass is 9.80. The van der Waals surface area contributed by atoms with Gasteiger partial charge in [-0.15, -0.1) is 0 Å². The molecule has 2 aromatic rings. The molecule has 1 fully saturated rings. The molecule has 2 atom stereocenters. The first-order valence-electron chi connectivity index (χ1n) is 12.9. The standard InChI is InChI=1S/C29H29N3O9/c1-18-25(26(19-6-5-7-20(14-19)32(35)36)27(28(33)37-2)24(15-30)31-18)29(34)39-13-4-3-12-38-21-8-10-22(11-9-21)40-16-23-17-41-23/h5-11,14,23,26,31H,3-4,12-13,16-17H2,1-2H3. The van der Waals surface area contributed by atoms with E-state index in [9.17, 15) is 25.0 Å². The molecule has 1 saturated heterocycles. The van der Waals surface area contributed by atoms with E-state index in [-0.39, 0.29) is 46.5 Å². The second-order valence-electron chi connectivity index (χ2n) is 9.27. The van der Waals surface area contributed by atoms with E-state index in [4.69, 9.17) is 23.7 Å². The summed E-state index contributed by atoms with van der Waals surface area (Å²) in [7, 11) is 1.15. The van der Waals surface area contributed by atoms with E-state index >= 15 is 0 Å². The number of methoxy groups -OCH3 is 1. The Morgan fingerprint density at radius 2 is 1.76 bits per heavy atom. The summed E-state index contributed by atoms with van der Waals surface area (Å²) in [5.74, 6) is -1.27. The van der Waals surface area contributed by atoms with Crippen molar-refractivity contribution in [3.63, 3.8) is 0 Å². The number of rotatable bonds is 13. The van der Waals surface area contributed by atoms with Gasteiger partial charge in [-0.2, -0.15) is 5.26 Å². The van der Waals surface area contributed by atoms with Crippen LogP contribution >= 0.6 is 0 Å². The molecule has 2 heterocycles. The van der Waals surface area contributed by atoms with E-state index in [0.717, 1.165) is 19.5 Å². The van der Waals surface area contributed by atoms with Crippen LogP contribution in [0.15, 0.2) is 71.1 Å². The van der Waals surface area contributed by atoms with Crippen molar-refractivity contribution in [1.82, 2.24) is 5.32 Å². The second-order valence-corrected chi connectivity index (χ2v) is 9.27. The van der Waals surface area contributed by atoms with Gasteiger partial charge >= 0.3 is 11.9 Å². The number of nitrogens with one attached hydrogen (secondary N) is 1. The van der Waals surface area contributed by atoms with Crippen LogP contribution in [-0.4, -0.2) is 56.5 Å². The third-order valence-corrected chi connectivity index (χ3v) is 6.42. The normalized spacial score (nSPS) is 17.7. The summed E-state index contributed by atoms with van der Waals surface area (Å²) in [6.07, 6.45) is 1.28. The fourth-order valence-corrected chi connectivity index (χ4v) is 4.29. The number of ether oxygens (including phenoxy) is 5. The molecule has 2 aromatic carbocycles. The highest BCUT2D eigenvalue weighted by atomic mass is 16.6. The van der Waals surface area contributed by atoms with E-state index in [2.05, 4.69) is 5.32 Å². The smallest absolute Gasteiger partial charge is 0.337 e. The Labute approximate surface area is 236 Å². The Kier molecular flexibility index (Phi) is 9.55. The van der Waals surface area contributed by atoms with Gasteiger partial charge in [0.05, 0.1) is 48.9 Å². The molecule has 41 heavy (non-hydrogen) atoms. The molecular formula is C29H29N3O9. The molecule has 1 N–H and O–H groups in total. The maximum absolute atomic E-state index is 13.3. The number of carbonyl (C=O) groups excluding carboxylic acids is 2. The van der Waals surface area contributed by atoms with Gasteiger partial charge in [-0.1, -0.05) is 12.1 Å². The number of epoxide rings is 1. The van der Waals surface area contributed by atoms with Gasteiger partial charge in [0.25, 0.3) is 5.69 Å². The van der Waals surface area contributed by atoms with E-state index in [0.29, 0.717) is 31.8 Å². The molecule has 0 saturated carbocycles. The van der Waals surface area contributed by atoms with Crippen molar-refractivity contribution in [3.05, 3.63) is 86.7 Å². The minimum Gasteiger partial charge on any atom is -0.494 e. The highest BCUT2D eigenvalue weighted by Gasteiger charge is 2.39. The average Bonchev–Trinajstić information content (AvgIpc) is 3.82. The molecular weight excluding hydrogens is 534 g/mol. The number of carbonyl (C=O) groups is 2. The van der Waals surface area contributed by atoms with E-state index in [1.807, 2.05) is 30.3 Å². The molecule has 2 unspecified atom stereocenters. The van der Waals surface area contributed by atoms with Gasteiger partial charge in [-0.25, -0.2) is 9.59 Å². The van der Waals surface area contributed by atoms with Crippen molar-refractivity contribution in [2.24, 2.45) is 0 Å². The van der Waals surface area contributed by atoms with Gasteiger partial charge < -0.3 is 29.0 Å². The molecule has 2 aliphatic rings. The van der Waals surface area contributed by atoms with Gasteiger partial charge in [0, 0.05) is 17.8 Å². The Hall–Kier alpha value is -4.89. The number of unbranched alkanes of at least 4 members (excludes halogenated alkanes) is 1. The number of esters is 2. The number of hydrogen-bond donors (Lipinski definition) is 1. The fraction of sp³-hybridized carbons (Fsp3) is 0.345. The van der Waals surface area contributed by atoms with Crippen molar-refractivity contribution in [3.8, 4) is 17.6 Å². The van der Waals surface area contributed by atoms with Gasteiger partial charge in [0.15, 0.2) is 0 Å². The Morgan fingerprint density at radius 3 is 2.39 bits per heavy atom. The van der Waals surface area contributed by atoms with E-state index in [1.165, 1.54) is 18.2 Å². The first-order chi connectivity index (χ1) is 19.8. The summed E-state index contributed by atoms with van der Waals surface area (Å²) in [6.45, 7) is 3.29. The van der Waals surface area contributed by atoms with Crippen molar-refractivity contribution >= 4 is 17.6 Å². The quantitative estimate of drug-likeness (QED) is 0.124. The molecule has 214 valence electrons. The van der Waals surface area contributed by atoms with Crippen molar-refractivity contribution in [2.45, 2.75) is 31.8 Å². The largest absolute Gasteiger partial charge is 0.494 e. The third-order valence-electron chi connectivity index (χ3n) is 6.42. The van der Waals surface area contributed by atoms with Crippen LogP contribution in [0.3, 0.4) is 0 Å². The highest BCUT2D eigenvalue weighted by molar-refractivity contribution is 6.00. The molecule has 0 bridgehead atoms. The van der Waals surface area contributed by atoms with Crippen LogP contribution in [0.5, 0.6) is 11.5 Å². The molecule has 4 rings (SSSR count). The highest BCUT2D eigenvalue weighted by Crippen LogP contribution is 2.40.